The normalized spacial score (nSPS) is 15.6. The quantitative estimate of drug-likeness (QED) is 0.351. The predicted molar refractivity (Wildman–Crippen MR) is 142 cm³/mol. The fourth-order valence-electron chi connectivity index (χ4n) is 4.60. The molecule has 1 aliphatic heterocycles. The molecule has 38 heavy (non-hydrogen) atoms. The summed E-state index contributed by atoms with van der Waals surface area (Å²) in [7, 11) is 1.75. The average molecular weight is 508 g/mol. The maximum absolute atomic E-state index is 12.7. The number of nitrogens with zero attached hydrogens (tertiary/aromatic N) is 9. The van der Waals surface area contributed by atoms with Gasteiger partial charge < -0.3 is 14.3 Å². The highest BCUT2D eigenvalue weighted by molar-refractivity contribution is 5.62. The summed E-state index contributed by atoms with van der Waals surface area (Å²) in [6.45, 7) is 4.42. The topological polar surface area (TPSA) is 119 Å². The van der Waals surface area contributed by atoms with Gasteiger partial charge in [0.05, 0.1) is 11.4 Å². The predicted octanol–water partition coefficient (Wildman–Crippen LogP) is 3.06. The number of piperazine rings is 1. The number of anilines is 2. The smallest absolute Gasteiger partial charge is 0.276 e. The van der Waals surface area contributed by atoms with E-state index < -0.39 is 0 Å². The number of aromatic nitrogens is 7. The van der Waals surface area contributed by atoms with Crippen LogP contribution in [-0.4, -0.2) is 60.3 Å². The van der Waals surface area contributed by atoms with E-state index in [2.05, 4.69) is 53.9 Å². The molecular weight excluding hydrogens is 482 g/mol. The van der Waals surface area contributed by atoms with Crippen molar-refractivity contribution in [2.75, 3.05) is 29.4 Å². The Hall–Kier alpha value is -4.93. The highest BCUT2D eigenvalue weighted by Gasteiger charge is 2.27. The summed E-state index contributed by atoms with van der Waals surface area (Å²) in [4.78, 5) is 39.0. The third kappa shape index (κ3) is 4.49. The minimum atomic E-state index is -0.124. The molecule has 190 valence electrons. The second-order valence-electron chi connectivity index (χ2n) is 9.11. The summed E-state index contributed by atoms with van der Waals surface area (Å²) in [5, 5.41) is 4.12. The lowest BCUT2D eigenvalue weighted by molar-refractivity contribution is 0.431. The monoisotopic (exact) mass is 507 g/mol. The Morgan fingerprint density at radius 3 is 2.53 bits per heavy atom. The lowest BCUT2D eigenvalue weighted by atomic mass is 10.1. The third-order valence-electron chi connectivity index (χ3n) is 6.64. The van der Waals surface area contributed by atoms with Gasteiger partial charge in [-0.15, -0.1) is 0 Å². The van der Waals surface area contributed by atoms with E-state index in [-0.39, 0.29) is 11.6 Å². The van der Waals surface area contributed by atoms with Gasteiger partial charge >= 0.3 is 0 Å². The van der Waals surface area contributed by atoms with Gasteiger partial charge in [-0.1, -0.05) is 11.2 Å². The second-order valence-corrected chi connectivity index (χ2v) is 9.11. The molecule has 1 aromatic carbocycles. The van der Waals surface area contributed by atoms with Gasteiger partial charge in [0, 0.05) is 62.4 Å². The molecule has 11 heteroatoms. The summed E-state index contributed by atoms with van der Waals surface area (Å²) in [5.74, 6) is 1.54. The highest BCUT2D eigenvalue weighted by Crippen LogP contribution is 2.27. The van der Waals surface area contributed by atoms with Gasteiger partial charge in [-0.05, 0) is 49.4 Å². The zero-order valence-electron chi connectivity index (χ0n) is 21.0. The SMILES string of the molecule is C[C@@H]1CN(c2ccc(-c3noc(-c4ccccn4)n3)cc2)CCN1c1nc(-c2ccncn2)cc(=O)n1C. The molecule has 5 heterocycles. The minimum Gasteiger partial charge on any atom is -0.368 e. The Bertz CT molecular complexity index is 1600. The molecule has 1 aliphatic rings. The van der Waals surface area contributed by atoms with E-state index in [1.54, 1.807) is 30.1 Å². The molecule has 0 spiro atoms. The summed E-state index contributed by atoms with van der Waals surface area (Å²) in [5.41, 5.74) is 3.66. The van der Waals surface area contributed by atoms with Crippen LogP contribution >= 0.6 is 0 Å². The lowest BCUT2D eigenvalue weighted by Gasteiger charge is -2.42. The fourth-order valence-corrected chi connectivity index (χ4v) is 4.60. The molecule has 11 nitrogen and oxygen atoms in total. The molecule has 0 aliphatic carbocycles. The molecule has 0 saturated carbocycles. The van der Waals surface area contributed by atoms with E-state index >= 15 is 0 Å². The molecule has 6 rings (SSSR count). The van der Waals surface area contributed by atoms with Crippen molar-refractivity contribution in [3.63, 3.8) is 0 Å². The number of hydrogen-bond donors (Lipinski definition) is 0. The first-order valence-electron chi connectivity index (χ1n) is 12.3. The fraction of sp³-hybridized carbons (Fsp3) is 0.222. The van der Waals surface area contributed by atoms with Crippen LogP contribution in [0.5, 0.6) is 0 Å². The number of hydrogen-bond acceptors (Lipinski definition) is 10. The summed E-state index contributed by atoms with van der Waals surface area (Å²) in [6.07, 6.45) is 4.80. The van der Waals surface area contributed by atoms with Gasteiger partial charge in [-0.2, -0.15) is 4.98 Å². The third-order valence-corrected chi connectivity index (χ3v) is 6.64. The molecule has 4 aromatic heterocycles. The van der Waals surface area contributed by atoms with Gasteiger partial charge in [-0.25, -0.2) is 15.0 Å². The Morgan fingerprint density at radius 1 is 0.921 bits per heavy atom. The van der Waals surface area contributed by atoms with Gasteiger partial charge in [0.25, 0.3) is 11.4 Å². The van der Waals surface area contributed by atoms with Crippen molar-refractivity contribution in [3.8, 4) is 34.4 Å². The Balaban J connectivity index is 1.18. The summed E-state index contributed by atoms with van der Waals surface area (Å²) >= 11 is 0. The minimum absolute atomic E-state index is 0.124. The lowest BCUT2D eigenvalue weighted by Crippen LogP contribution is -2.53. The Morgan fingerprint density at radius 2 is 1.79 bits per heavy atom. The van der Waals surface area contributed by atoms with Crippen molar-refractivity contribution < 1.29 is 4.52 Å². The van der Waals surface area contributed by atoms with E-state index in [4.69, 9.17) is 9.51 Å². The molecule has 1 saturated heterocycles. The molecule has 0 amide bonds. The van der Waals surface area contributed by atoms with Crippen LogP contribution in [0.4, 0.5) is 11.6 Å². The Kier molecular flexibility index (Phi) is 6.08. The van der Waals surface area contributed by atoms with Gasteiger partial charge in [0.15, 0.2) is 0 Å². The van der Waals surface area contributed by atoms with E-state index in [1.807, 2.05) is 30.3 Å². The van der Waals surface area contributed by atoms with Crippen LogP contribution < -0.4 is 15.4 Å². The maximum Gasteiger partial charge on any atom is 0.276 e. The summed E-state index contributed by atoms with van der Waals surface area (Å²) in [6, 6.07) is 17.1. The standard InChI is InChI=1S/C27H25N9O2/c1-18-16-35(13-14-36(18)27-31-23(15-24(37)34(27)2)21-10-12-28-17-30-21)20-8-6-19(7-9-20)25-32-26(38-33-25)22-5-3-4-11-29-22/h3-12,15,17-18H,13-14,16H2,1-2H3/t18-/m1/s1. The molecule has 0 N–H and O–H groups in total. The van der Waals surface area contributed by atoms with Crippen molar-refractivity contribution in [2.24, 2.45) is 7.05 Å². The first kappa shape index (κ1) is 23.5. The number of benzene rings is 1. The van der Waals surface area contributed by atoms with E-state index in [0.29, 0.717) is 41.3 Å². The largest absolute Gasteiger partial charge is 0.368 e. The van der Waals surface area contributed by atoms with Crippen molar-refractivity contribution in [2.45, 2.75) is 13.0 Å². The first-order valence-corrected chi connectivity index (χ1v) is 12.3. The molecule has 0 bridgehead atoms. The zero-order chi connectivity index (χ0) is 26.1. The molecule has 1 atom stereocenters. The molecule has 0 unspecified atom stereocenters. The van der Waals surface area contributed by atoms with Crippen molar-refractivity contribution in [3.05, 3.63) is 83.7 Å². The van der Waals surface area contributed by atoms with Crippen molar-refractivity contribution in [1.29, 1.82) is 0 Å². The number of rotatable bonds is 5. The van der Waals surface area contributed by atoms with Crippen LogP contribution in [0.1, 0.15) is 6.92 Å². The van der Waals surface area contributed by atoms with Crippen LogP contribution in [0.15, 0.2) is 82.6 Å². The number of pyridine rings is 1. The summed E-state index contributed by atoms with van der Waals surface area (Å²) < 4.78 is 6.99. The average Bonchev–Trinajstić information content (AvgIpc) is 3.46. The second kappa shape index (κ2) is 9.85. The van der Waals surface area contributed by atoms with Gasteiger partial charge in [0.1, 0.15) is 12.0 Å². The van der Waals surface area contributed by atoms with Gasteiger partial charge in [-0.3, -0.25) is 14.3 Å². The maximum atomic E-state index is 12.7. The molecule has 5 aromatic rings. The van der Waals surface area contributed by atoms with E-state index in [9.17, 15) is 4.79 Å². The van der Waals surface area contributed by atoms with Crippen LogP contribution in [0, 0.1) is 0 Å². The molecular formula is C27H25N9O2. The molecule has 1 fully saturated rings. The first-order chi connectivity index (χ1) is 18.6. The van der Waals surface area contributed by atoms with Crippen LogP contribution in [0.25, 0.3) is 34.4 Å². The van der Waals surface area contributed by atoms with Crippen molar-refractivity contribution in [1.82, 2.24) is 34.6 Å². The van der Waals surface area contributed by atoms with Gasteiger partial charge in [0.2, 0.25) is 11.8 Å². The van der Waals surface area contributed by atoms with Crippen LogP contribution in [0.2, 0.25) is 0 Å². The Labute approximate surface area is 218 Å². The van der Waals surface area contributed by atoms with E-state index in [1.165, 1.54) is 12.4 Å². The zero-order valence-corrected chi connectivity index (χ0v) is 21.0. The highest BCUT2D eigenvalue weighted by atomic mass is 16.5. The van der Waals surface area contributed by atoms with Crippen LogP contribution in [-0.2, 0) is 7.05 Å². The molecule has 0 radical (unpaired) electrons. The van der Waals surface area contributed by atoms with Crippen molar-refractivity contribution >= 4 is 11.6 Å². The van der Waals surface area contributed by atoms with Crippen LogP contribution in [0.3, 0.4) is 0 Å². The van der Waals surface area contributed by atoms with E-state index in [0.717, 1.165) is 24.3 Å².